The third-order valence-corrected chi connectivity index (χ3v) is 3.29. The van der Waals surface area contributed by atoms with Gasteiger partial charge in [0, 0.05) is 32.4 Å². The van der Waals surface area contributed by atoms with Crippen LogP contribution in [0.4, 0.5) is 11.8 Å². The van der Waals surface area contributed by atoms with Crippen molar-refractivity contribution in [1.29, 1.82) is 0 Å². The highest BCUT2D eigenvalue weighted by molar-refractivity contribution is 5.48. The van der Waals surface area contributed by atoms with Gasteiger partial charge in [-0.05, 0) is 25.7 Å². The predicted molar refractivity (Wildman–Crippen MR) is 66.9 cm³/mol. The molecule has 4 nitrogen and oxygen atoms in total. The number of hydrogen-bond acceptors (Lipinski definition) is 4. The zero-order chi connectivity index (χ0) is 11.5. The van der Waals surface area contributed by atoms with Gasteiger partial charge in [0.2, 0.25) is 5.95 Å². The van der Waals surface area contributed by atoms with E-state index >= 15 is 0 Å². The van der Waals surface area contributed by atoms with Crippen molar-refractivity contribution in [3.05, 3.63) is 11.8 Å². The van der Waals surface area contributed by atoms with Gasteiger partial charge in [-0.15, -0.1) is 0 Å². The maximum Gasteiger partial charge on any atom is 0.224 e. The smallest absolute Gasteiger partial charge is 0.224 e. The second-order valence-electron chi connectivity index (χ2n) is 4.63. The van der Waals surface area contributed by atoms with E-state index in [0.29, 0.717) is 5.95 Å². The quantitative estimate of drug-likeness (QED) is 0.843. The Morgan fingerprint density at radius 1 is 1.50 bits per heavy atom. The van der Waals surface area contributed by atoms with Crippen LogP contribution in [0.25, 0.3) is 0 Å². The fraction of sp³-hybridized carbons (Fsp3) is 0.667. The normalized spacial score (nSPS) is 15.7. The molecule has 1 N–H and O–H groups in total. The molecule has 16 heavy (non-hydrogen) atoms. The molecule has 1 fully saturated rings. The van der Waals surface area contributed by atoms with E-state index in [1.54, 1.807) is 0 Å². The van der Waals surface area contributed by atoms with Crippen molar-refractivity contribution in [1.82, 2.24) is 9.97 Å². The first-order valence-corrected chi connectivity index (χ1v) is 5.93. The minimum Gasteiger partial charge on any atom is -0.359 e. The lowest BCUT2D eigenvalue weighted by atomic mass is 9.85. The van der Waals surface area contributed by atoms with Gasteiger partial charge in [0.05, 0.1) is 0 Å². The summed E-state index contributed by atoms with van der Waals surface area (Å²) in [4.78, 5) is 11.0. The second-order valence-corrected chi connectivity index (χ2v) is 4.63. The number of nitrogens with one attached hydrogen (secondary N) is 1. The molecule has 1 heterocycles. The number of aromatic nitrogens is 2. The van der Waals surface area contributed by atoms with Gasteiger partial charge in [-0.3, -0.25) is 0 Å². The highest BCUT2D eigenvalue weighted by Crippen LogP contribution is 2.28. The van der Waals surface area contributed by atoms with E-state index in [0.717, 1.165) is 23.8 Å². The monoisotopic (exact) mass is 220 g/mol. The molecule has 0 aliphatic heterocycles. The summed E-state index contributed by atoms with van der Waals surface area (Å²) < 4.78 is 0. The molecule has 0 saturated heterocycles. The Bertz CT molecular complexity index is 360. The van der Waals surface area contributed by atoms with Gasteiger partial charge >= 0.3 is 0 Å². The zero-order valence-corrected chi connectivity index (χ0v) is 10.3. The van der Waals surface area contributed by atoms with Gasteiger partial charge in [-0.1, -0.05) is 6.42 Å². The van der Waals surface area contributed by atoms with Crippen LogP contribution in [0.5, 0.6) is 0 Å². The van der Waals surface area contributed by atoms with Gasteiger partial charge in [0.15, 0.2) is 0 Å². The molecule has 0 amide bonds. The van der Waals surface area contributed by atoms with Gasteiger partial charge in [0.25, 0.3) is 0 Å². The highest BCUT2D eigenvalue weighted by Gasteiger charge is 2.20. The van der Waals surface area contributed by atoms with Crippen LogP contribution in [0.3, 0.4) is 0 Å². The average molecular weight is 220 g/mol. The zero-order valence-electron chi connectivity index (χ0n) is 10.3. The maximum absolute atomic E-state index is 4.51. The number of rotatable bonds is 4. The van der Waals surface area contributed by atoms with Crippen LogP contribution in [0.15, 0.2) is 6.20 Å². The van der Waals surface area contributed by atoms with E-state index in [2.05, 4.69) is 34.2 Å². The third-order valence-electron chi connectivity index (χ3n) is 3.29. The minimum atomic E-state index is 0.695. The molecular weight excluding hydrogens is 200 g/mol. The number of anilines is 2. The molecule has 0 unspecified atom stereocenters. The van der Waals surface area contributed by atoms with E-state index in [9.17, 15) is 0 Å². The molecule has 2 rings (SSSR count). The summed E-state index contributed by atoms with van der Waals surface area (Å²) in [5.74, 6) is 2.60. The molecule has 0 aromatic carbocycles. The van der Waals surface area contributed by atoms with Crippen LogP contribution in [-0.4, -0.2) is 30.6 Å². The lowest BCUT2D eigenvalue weighted by Gasteiger charge is -2.31. The Morgan fingerprint density at radius 3 is 2.81 bits per heavy atom. The summed E-state index contributed by atoms with van der Waals surface area (Å²) in [5, 5.41) is 2.98. The van der Waals surface area contributed by atoms with Crippen LogP contribution in [0.1, 0.15) is 24.8 Å². The fourth-order valence-electron chi connectivity index (χ4n) is 2.09. The first-order valence-electron chi connectivity index (χ1n) is 5.93. The maximum atomic E-state index is 4.51. The Balaban J connectivity index is 2.10. The first-order chi connectivity index (χ1) is 7.70. The third kappa shape index (κ3) is 2.26. The molecule has 1 saturated carbocycles. The molecule has 0 radical (unpaired) electrons. The number of aryl methyl sites for hydroxylation is 1. The molecule has 1 aliphatic carbocycles. The van der Waals surface area contributed by atoms with E-state index in [1.165, 1.54) is 19.3 Å². The number of hydrogen-bond donors (Lipinski definition) is 1. The van der Waals surface area contributed by atoms with Crippen LogP contribution in [-0.2, 0) is 0 Å². The van der Waals surface area contributed by atoms with Crippen LogP contribution in [0.2, 0.25) is 0 Å². The summed E-state index contributed by atoms with van der Waals surface area (Å²) in [6.07, 6.45) is 6.01. The second kappa shape index (κ2) is 4.68. The van der Waals surface area contributed by atoms with E-state index in [4.69, 9.17) is 0 Å². The Morgan fingerprint density at radius 2 is 2.25 bits per heavy atom. The lowest BCUT2D eigenvalue weighted by molar-refractivity contribution is 0.321. The van der Waals surface area contributed by atoms with Gasteiger partial charge in [-0.2, -0.15) is 4.98 Å². The molecule has 0 bridgehead atoms. The van der Waals surface area contributed by atoms with Crippen molar-refractivity contribution < 1.29 is 0 Å². The standard InChI is InChI=1S/C12H20N4/c1-9-7-14-12(13-2)15-11(9)16(3)8-10-5-4-6-10/h7,10H,4-6,8H2,1-3H3,(H,13,14,15). The van der Waals surface area contributed by atoms with Crippen molar-refractivity contribution in [3.63, 3.8) is 0 Å². The number of nitrogens with zero attached hydrogens (tertiary/aromatic N) is 3. The van der Waals surface area contributed by atoms with Crippen LogP contribution < -0.4 is 10.2 Å². The summed E-state index contributed by atoms with van der Waals surface area (Å²) >= 11 is 0. The van der Waals surface area contributed by atoms with Crippen molar-refractivity contribution >= 4 is 11.8 Å². The summed E-state index contributed by atoms with van der Waals surface area (Å²) in [5.41, 5.74) is 1.14. The Labute approximate surface area is 97.1 Å². The van der Waals surface area contributed by atoms with Crippen molar-refractivity contribution in [2.24, 2.45) is 5.92 Å². The van der Waals surface area contributed by atoms with Crippen molar-refractivity contribution in [2.75, 3.05) is 30.9 Å². The average Bonchev–Trinajstić information content (AvgIpc) is 2.24. The lowest BCUT2D eigenvalue weighted by Crippen LogP contribution is -2.30. The van der Waals surface area contributed by atoms with Crippen LogP contribution in [0, 0.1) is 12.8 Å². The molecule has 1 aromatic heterocycles. The highest BCUT2D eigenvalue weighted by atomic mass is 15.2. The van der Waals surface area contributed by atoms with E-state index in [1.807, 2.05) is 13.2 Å². The summed E-state index contributed by atoms with van der Waals surface area (Å²) in [6.45, 7) is 3.17. The molecular formula is C12H20N4. The largest absolute Gasteiger partial charge is 0.359 e. The Kier molecular flexibility index (Phi) is 3.27. The summed E-state index contributed by atoms with van der Waals surface area (Å²) in [7, 11) is 3.97. The molecule has 1 aliphatic rings. The molecule has 0 atom stereocenters. The van der Waals surface area contributed by atoms with Gasteiger partial charge in [0.1, 0.15) is 5.82 Å². The minimum absolute atomic E-state index is 0.695. The summed E-state index contributed by atoms with van der Waals surface area (Å²) in [6, 6.07) is 0. The molecule has 0 spiro atoms. The predicted octanol–water partition coefficient (Wildman–Crippen LogP) is 2.06. The first kappa shape index (κ1) is 11.2. The van der Waals surface area contributed by atoms with Gasteiger partial charge < -0.3 is 10.2 Å². The fourth-order valence-corrected chi connectivity index (χ4v) is 2.09. The van der Waals surface area contributed by atoms with Crippen molar-refractivity contribution in [3.8, 4) is 0 Å². The van der Waals surface area contributed by atoms with Gasteiger partial charge in [-0.25, -0.2) is 4.98 Å². The van der Waals surface area contributed by atoms with Crippen molar-refractivity contribution in [2.45, 2.75) is 26.2 Å². The molecule has 88 valence electrons. The van der Waals surface area contributed by atoms with E-state index < -0.39 is 0 Å². The Hall–Kier alpha value is -1.32. The molecule has 4 heteroatoms. The van der Waals surface area contributed by atoms with E-state index in [-0.39, 0.29) is 0 Å². The topological polar surface area (TPSA) is 41.1 Å². The SMILES string of the molecule is CNc1ncc(C)c(N(C)CC2CCC2)n1. The molecule has 1 aromatic rings. The van der Waals surface area contributed by atoms with Crippen LogP contribution >= 0.6 is 0 Å².